The smallest absolute Gasteiger partial charge is 0.329 e. The SMILES string of the molecule is C[C@H](NC(=O)Cn1c(=O)[nH]c2ccsc2c1=O)C12CC3CC(CC(C3)C1)C2. The summed E-state index contributed by atoms with van der Waals surface area (Å²) >= 11 is 1.28. The van der Waals surface area contributed by atoms with Gasteiger partial charge in [0.25, 0.3) is 5.56 Å². The Bertz CT molecular complexity index is 982. The molecule has 2 heterocycles. The highest BCUT2D eigenvalue weighted by Gasteiger charge is 2.53. The van der Waals surface area contributed by atoms with Crippen molar-refractivity contribution in [2.75, 3.05) is 0 Å². The monoisotopic (exact) mass is 387 g/mol. The third kappa shape index (κ3) is 2.78. The van der Waals surface area contributed by atoms with Crippen molar-refractivity contribution in [3.63, 3.8) is 0 Å². The maximum absolute atomic E-state index is 12.7. The number of hydrogen-bond donors (Lipinski definition) is 2. The Labute approximate surface area is 161 Å². The molecule has 144 valence electrons. The van der Waals surface area contributed by atoms with E-state index in [1.165, 1.54) is 49.9 Å². The molecule has 1 amide bonds. The summed E-state index contributed by atoms with van der Waals surface area (Å²) in [5.41, 5.74) is -0.169. The lowest BCUT2D eigenvalue weighted by Gasteiger charge is -2.59. The Morgan fingerprint density at radius 2 is 1.89 bits per heavy atom. The van der Waals surface area contributed by atoms with Gasteiger partial charge in [-0.25, -0.2) is 9.36 Å². The minimum Gasteiger partial charge on any atom is -0.352 e. The highest BCUT2D eigenvalue weighted by molar-refractivity contribution is 7.17. The summed E-state index contributed by atoms with van der Waals surface area (Å²) in [7, 11) is 0. The molecule has 27 heavy (non-hydrogen) atoms. The van der Waals surface area contributed by atoms with Gasteiger partial charge in [-0.3, -0.25) is 9.59 Å². The lowest BCUT2D eigenvalue weighted by Crippen LogP contribution is -2.56. The van der Waals surface area contributed by atoms with Crippen molar-refractivity contribution in [1.82, 2.24) is 14.9 Å². The molecule has 1 atom stereocenters. The van der Waals surface area contributed by atoms with Crippen LogP contribution in [0.25, 0.3) is 10.2 Å². The fraction of sp³-hybridized carbons (Fsp3) is 0.650. The van der Waals surface area contributed by atoms with Crippen LogP contribution in [-0.2, 0) is 11.3 Å². The Balaban J connectivity index is 1.34. The van der Waals surface area contributed by atoms with Crippen molar-refractivity contribution in [2.45, 2.75) is 58.0 Å². The highest BCUT2D eigenvalue weighted by atomic mass is 32.1. The lowest BCUT2D eigenvalue weighted by atomic mass is 9.48. The van der Waals surface area contributed by atoms with Gasteiger partial charge < -0.3 is 10.3 Å². The summed E-state index contributed by atoms with van der Waals surface area (Å²) in [5, 5.41) is 4.90. The molecular formula is C20H25N3O3S. The van der Waals surface area contributed by atoms with Gasteiger partial charge >= 0.3 is 5.69 Å². The van der Waals surface area contributed by atoms with E-state index in [0.717, 1.165) is 22.3 Å². The number of nitrogens with zero attached hydrogens (tertiary/aromatic N) is 1. The second kappa shape index (κ2) is 6.06. The van der Waals surface area contributed by atoms with Gasteiger partial charge in [0, 0.05) is 6.04 Å². The molecule has 4 fully saturated rings. The van der Waals surface area contributed by atoms with Crippen LogP contribution in [0, 0.1) is 23.2 Å². The number of fused-ring (bicyclic) bond motifs is 1. The molecule has 0 saturated heterocycles. The van der Waals surface area contributed by atoms with Crippen LogP contribution in [0.15, 0.2) is 21.0 Å². The molecule has 2 aromatic rings. The first-order chi connectivity index (χ1) is 12.9. The van der Waals surface area contributed by atoms with Crippen LogP contribution in [0.5, 0.6) is 0 Å². The first kappa shape index (κ1) is 17.2. The number of H-pyrrole nitrogens is 1. The van der Waals surface area contributed by atoms with E-state index in [0.29, 0.717) is 10.2 Å². The zero-order valence-corrected chi connectivity index (χ0v) is 16.3. The number of hydrogen-bond acceptors (Lipinski definition) is 4. The number of carbonyl (C=O) groups is 1. The fourth-order valence-corrected chi connectivity index (χ4v) is 7.20. The summed E-state index contributed by atoms with van der Waals surface area (Å²) in [6, 6.07) is 1.79. The Morgan fingerprint density at radius 3 is 2.52 bits per heavy atom. The minimum atomic E-state index is -0.525. The molecule has 0 spiro atoms. The standard InChI is InChI=1S/C20H25N3O3S/c1-11(20-7-12-4-13(8-20)6-14(5-12)9-20)21-16(24)10-23-18(25)17-15(2-3-27-17)22-19(23)26/h2-3,11-14H,4-10H2,1H3,(H,21,24)(H,22,26)/t11-,12?,13?,14?,20?/m0/s1. The van der Waals surface area contributed by atoms with Gasteiger partial charge in [0.15, 0.2) is 0 Å². The van der Waals surface area contributed by atoms with E-state index >= 15 is 0 Å². The van der Waals surface area contributed by atoms with E-state index in [1.54, 1.807) is 11.4 Å². The molecule has 2 N–H and O–H groups in total. The maximum atomic E-state index is 12.7. The minimum absolute atomic E-state index is 0.0821. The number of amides is 1. The number of nitrogens with one attached hydrogen (secondary N) is 2. The van der Waals surface area contributed by atoms with Gasteiger partial charge in [-0.15, -0.1) is 11.3 Å². The van der Waals surface area contributed by atoms with Crippen LogP contribution in [0.1, 0.15) is 45.4 Å². The number of thiophene rings is 1. The van der Waals surface area contributed by atoms with Gasteiger partial charge in [-0.2, -0.15) is 0 Å². The summed E-state index contributed by atoms with van der Waals surface area (Å²) in [4.78, 5) is 40.1. The van der Waals surface area contributed by atoms with Gasteiger partial charge in [0.1, 0.15) is 11.2 Å². The number of aromatic amines is 1. The zero-order valence-electron chi connectivity index (χ0n) is 15.5. The second-order valence-corrected chi connectivity index (χ2v) is 9.97. The van der Waals surface area contributed by atoms with Crippen molar-refractivity contribution in [2.24, 2.45) is 23.2 Å². The molecule has 6 rings (SSSR count). The molecule has 2 aromatic heterocycles. The van der Waals surface area contributed by atoms with Crippen LogP contribution >= 0.6 is 11.3 Å². The molecule has 0 radical (unpaired) electrons. The summed E-state index contributed by atoms with van der Waals surface area (Å²) in [6.07, 6.45) is 7.73. The second-order valence-electron chi connectivity index (χ2n) is 9.05. The predicted octanol–water partition coefficient (Wildman–Crippen LogP) is 2.47. The van der Waals surface area contributed by atoms with E-state index in [-0.39, 0.29) is 29.5 Å². The van der Waals surface area contributed by atoms with E-state index in [4.69, 9.17) is 0 Å². The quantitative estimate of drug-likeness (QED) is 0.845. The Hall–Kier alpha value is -1.89. The fourth-order valence-electron chi connectivity index (χ4n) is 6.41. The molecule has 0 aromatic carbocycles. The van der Waals surface area contributed by atoms with Gasteiger partial charge in [0.05, 0.1) is 5.52 Å². The van der Waals surface area contributed by atoms with Crippen LogP contribution in [-0.4, -0.2) is 21.5 Å². The van der Waals surface area contributed by atoms with Crippen LogP contribution in [0.2, 0.25) is 0 Å². The van der Waals surface area contributed by atoms with Gasteiger partial charge in [0.2, 0.25) is 5.91 Å². The molecule has 0 aliphatic heterocycles. The van der Waals surface area contributed by atoms with E-state index in [2.05, 4.69) is 17.2 Å². The van der Waals surface area contributed by atoms with Crippen molar-refractivity contribution >= 4 is 27.5 Å². The highest BCUT2D eigenvalue weighted by Crippen LogP contribution is 2.61. The maximum Gasteiger partial charge on any atom is 0.329 e. The van der Waals surface area contributed by atoms with E-state index in [1.807, 2.05) is 0 Å². The van der Waals surface area contributed by atoms with Crippen molar-refractivity contribution in [3.8, 4) is 0 Å². The third-order valence-electron chi connectivity index (χ3n) is 7.27. The molecule has 4 aliphatic carbocycles. The summed E-state index contributed by atoms with van der Waals surface area (Å²) < 4.78 is 1.50. The molecule has 7 heteroatoms. The van der Waals surface area contributed by atoms with Crippen LogP contribution in [0.3, 0.4) is 0 Å². The largest absolute Gasteiger partial charge is 0.352 e. The predicted molar refractivity (Wildman–Crippen MR) is 105 cm³/mol. The molecule has 6 nitrogen and oxygen atoms in total. The first-order valence-electron chi connectivity index (χ1n) is 9.93. The van der Waals surface area contributed by atoms with E-state index in [9.17, 15) is 14.4 Å². The van der Waals surface area contributed by atoms with Crippen LogP contribution in [0.4, 0.5) is 0 Å². The van der Waals surface area contributed by atoms with Crippen molar-refractivity contribution in [3.05, 3.63) is 32.3 Å². The zero-order chi connectivity index (χ0) is 18.8. The average molecular weight is 388 g/mol. The molecular weight excluding hydrogens is 362 g/mol. The van der Waals surface area contributed by atoms with Crippen LogP contribution < -0.4 is 16.6 Å². The Kier molecular flexibility index (Phi) is 3.86. The van der Waals surface area contributed by atoms with Gasteiger partial charge in [-0.1, -0.05) is 0 Å². The first-order valence-corrected chi connectivity index (χ1v) is 10.8. The summed E-state index contributed by atoms with van der Waals surface area (Å²) in [6.45, 7) is 1.89. The van der Waals surface area contributed by atoms with Crippen molar-refractivity contribution < 1.29 is 4.79 Å². The molecule has 0 unspecified atom stereocenters. The Morgan fingerprint density at radius 1 is 1.26 bits per heavy atom. The summed E-state index contributed by atoms with van der Waals surface area (Å²) in [5.74, 6) is 2.22. The van der Waals surface area contributed by atoms with Gasteiger partial charge in [-0.05, 0) is 80.1 Å². The number of rotatable bonds is 4. The topological polar surface area (TPSA) is 84.0 Å². The lowest BCUT2D eigenvalue weighted by molar-refractivity contribution is -0.126. The third-order valence-corrected chi connectivity index (χ3v) is 8.18. The number of aromatic nitrogens is 2. The molecule has 4 bridgehead atoms. The number of carbonyl (C=O) groups excluding carboxylic acids is 1. The average Bonchev–Trinajstić information content (AvgIpc) is 3.06. The normalized spacial score (nSPS) is 32.7. The molecule has 4 saturated carbocycles. The van der Waals surface area contributed by atoms with Crippen molar-refractivity contribution in [1.29, 1.82) is 0 Å². The molecule has 4 aliphatic rings. The van der Waals surface area contributed by atoms with E-state index < -0.39 is 5.69 Å².